The van der Waals surface area contributed by atoms with E-state index in [9.17, 15) is 18.5 Å². The number of ether oxygens (including phenoxy) is 1. The van der Waals surface area contributed by atoms with Gasteiger partial charge in [-0.15, -0.1) is 0 Å². The van der Waals surface area contributed by atoms with Crippen molar-refractivity contribution in [2.75, 3.05) is 65.3 Å². The van der Waals surface area contributed by atoms with Gasteiger partial charge in [-0.25, -0.2) is 13.1 Å². The molecule has 182 valence electrons. The molecule has 1 fully saturated rings. The van der Waals surface area contributed by atoms with Crippen LogP contribution in [0.3, 0.4) is 0 Å². The number of morpholine rings is 1. The minimum atomic E-state index is -3.86. The molecule has 1 unspecified atom stereocenters. The molecule has 0 amide bonds. The second kappa shape index (κ2) is 11.1. The maximum atomic E-state index is 12.6. The number of likely N-dealkylation sites (N-methyl/N-ethyl adjacent to an activating group) is 1. The Balaban J connectivity index is 1.79. The van der Waals surface area contributed by atoms with Gasteiger partial charge in [0.05, 0.1) is 29.1 Å². The molecule has 2 N–H and O–H groups in total. The van der Waals surface area contributed by atoms with E-state index in [4.69, 9.17) is 9.15 Å². The molecule has 1 aromatic heterocycles. The fourth-order valence-electron chi connectivity index (χ4n) is 3.60. The van der Waals surface area contributed by atoms with Gasteiger partial charge in [-0.1, -0.05) is 0 Å². The molecule has 12 heteroatoms. The Hall–Kier alpha value is -2.51. The molecule has 1 aliphatic rings. The number of furan rings is 1. The van der Waals surface area contributed by atoms with Gasteiger partial charge >= 0.3 is 0 Å². The molecule has 33 heavy (non-hydrogen) atoms. The Bertz CT molecular complexity index is 1050. The Morgan fingerprint density at radius 2 is 1.94 bits per heavy atom. The van der Waals surface area contributed by atoms with Crippen LogP contribution in [0.5, 0.6) is 0 Å². The second-order valence-electron chi connectivity index (χ2n) is 8.13. The molecule has 0 spiro atoms. The predicted molar refractivity (Wildman–Crippen MR) is 124 cm³/mol. The van der Waals surface area contributed by atoms with Crippen molar-refractivity contribution in [3.05, 3.63) is 52.0 Å². The summed E-state index contributed by atoms with van der Waals surface area (Å²) in [6.45, 7) is 5.55. The van der Waals surface area contributed by atoms with Crippen LogP contribution >= 0.6 is 0 Å². The lowest BCUT2D eigenvalue weighted by Gasteiger charge is -2.33. The number of benzene rings is 1. The summed E-state index contributed by atoms with van der Waals surface area (Å²) in [7, 11) is -0.209. The summed E-state index contributed by atoms with van der Waals surface area (Å²) >= 11 is 0. The Morgan fingerprint density at radius 3 is 2.55 bits per heavy atom. The number of nitrogens with one attached hydrogen (secondary N) is 2. The van der Waals surface area contributed by atoms with Crippen LogP contribution in [0, 0.1) is 17.0 Å². The Labute approximate surface area is 193 Å². The highest BCUT2D eigenvalue weighted by molar-refractivity contribution is 7.89. The lowest BCUT2D eigenvalue weighted by atomic mass is 10.1. The van der Waals surface area contributed by atoms with Crippen molar-refractivity contribution >= 4 is 21.4 Å². The van der Waals surface area contributed by atoms with E-state index in [2.05, 4.69) is 14.9 Å². The monoisotopic (exact) mass is 481 g/mol. The molecule has 2 heterocycles. The van der Waals surface area contributed by atoms with Crippen LogP contribution in [0.25, 0.3) is 0 Å². The third-order valence-corrected chi connectivity index (χ3v) is 6.85. The van der Waals surface area contributed by atoms with E-state index in [0.29, 0.717) is 39.4 Å². The van der Waals surface area contributed by atoms with Crippen LogP contribution in [-0.4, -0.2) is 83.2 Å². The first-order valence-electron chi connectivity index (χ1n) is 10.7. The van der Waals surface area contributed by atoms with Crippen molar-refractivity contribution in [2.45, 2.75) is 17.9 Å². The highest BCUT2D eigenvalue weighted by Gasteiger charge is 2.27. The van der Waals surface area contributed by atoms with Crippen LogP contribution in [-0.2, 0) is 14.8 Å². The smallest absolute Gasteiger partial charge is 0.293 e. The molecule has 1 aromatic carbocycles. The fraction of sp³-hybridized carbons (Fsp3) is 0.524. The molecule has 3 rings (SSSR count). The topological polar surface area (TPSA) is 130 Å². The first-order valence-corrected chi connectivity index (χ1v) is 12.2. The van der Waals surface area contributed by atoms with Crippen molar-refractivity contribution in [3.8, 4) is 0 Å². The maximum absolute atomic E-state index is 12.6. The van der Waals surface area contributed by atoms with Gasteiger partial charge in [-0.2, -0.15) is 0 Å². The Kier molecular flexibility index (Phi) is 8.43. The number of sulfonamides is 1. The van der Waals surface area contributed by atoms with Gasteiger partial charge in [0.1, 0.15) is 17.2 Å². The minimum Gasteiger partial charge on any atom is -0.465 e. The molecule has 2 aromatic rings. The van der Waals surface area contributed by atoms with Crippen molar-refractivity contribution < 1.29 is 22.5 Å². The number of aryl methyl sites for hydroxylation is 1. The molecule has 1 saturated heterocycles. The number of nitrogens with zero attached hydrogens (tertiary/aromatic N) is 3. The van der Waals surface area contributed by atoms with Crippen LogP contribution in [0.2, 0.25) is 0 Å². The third kappa shape index (κ3) is 6.74. The number of hydrogen-bond donors (Lipinski definition) is 2. The summed E-state index contributed by atoms with van der Waals surface area (Å²) in [5, 5.41) is 14.9. The SMILES string of the molecule is Cc1ccc(C(CNc2ccc(S(=O)(=O)NCCN(C)C)cc2[N+](=O)[O-])N2CCOCC2)o1. The number of hydrogen-bond acceptors (Lipinski definition) is 9. The van der Waals surface area contributed by atoms with E-state index < -0.39 is 14.9 Å². The quantitative estimate of drug-likeness (QED) is 0.364. The molecule has 0 aliphatic carbocycles. The van der Waals surface area contributed by atoms with Gasteiger partial charge in [0.15, 0.2) is 0 Å². The molecular formula is C21H31N5O6S. The molecule has 0 radical (unpaired) electrons. The van der Waals surface area contributed by atoms with E-state index in [1.807, 2.05) is 38.1 Å². The summed E-state index contributed by atoms with van der Waals surface area (Å²) in [4.78, 5) is 15.0. The van der Waals surface area contributed by atoms with Gasteiger partial charge in [0, 0.05) is 38.8 Å². The Morgan fingerprint density at radius 1 is 1.21 bits per heavy atom. The maximum Gasteiger partial charge on any atom is 0.293 e. The largest absolute Gasteiger partial charge is 0.465 e. The molecule has 0 saturated carbocycles. The number of rotatable bonds is 11. The zero-order valence-corrected chi connectivity index (χ0v) is 19.9. The fourth-order valence-corrected chi connectivity index (χ4v) is 4.64. The van der Waals surface area contributed by atoms with Gasteiger partial charge in [0.2, 0.25) is 10.0 Å². The average molecular weight is 482 g/mol. The van der Waals surface area contributed by atoms with Crippen molar-refractivity contribution in [3.63, 3.8) is 0 Å². The van der Waals surface area contributed by atoms with Gasteiger partial charge in [0.25, 0.3) is 5.69 Å². The van der Waals surface area contributed by atoms with Crippen LogP contribution in [0.4, 0.5) is 11.4 Å². The number of anilines is 1. The van der Waals surface area contributed by atoms with Crippen LogP contribution < -0.4 is 10.0 Å². The highest BCUT2D eigenvalue weighted by Crippen LogP contribution is 2.30. The summed E-state index contributed by atoms with van der Waals surface area (Å²) in [6.07, 6.45) is 0. The minimum absolute atomic E-state index is 0.148. The second-order valence-corrected chi connectivity index (χ2v) is 9.90. The molecule has 1 aliphatic heterocycles. The van der Waals surface area contributed by atoms with E-state index >= 15 is 0 Å². The normalized spacial score (nSPS) is 16.1. The first-order chi connectivity index (χ1) is 15.7. The molecule has 0 bridgehead atoms. The summed E-state index contributed by atoms with van der Waals surface area (Å²) in [6, 6.07) is 7.52. The van der Waals surface area contributed by atoms with Crippen LogP contribution in [0.15, 0.2) is 39.6 Å². The first kappa shape index (κ1) is 25.1. The van der Waals surface area contributed by atoms with Gasteiger partial charge in [-0.05, 0) is 45.3 Å². The van der Waals surface area contributed by atoms with Crippen molar-refractivity contribution in [1.82, 2.24) is 14.5 Å². The van der Waals surface area contributed by atoms with Gasteiger partial charge < -0.3 is 19.4 Å². The zero-order valence-electron chi connectivity index (χ0n) is 19.1. The van der Waals surface area contributed by atoms with Crippen molar-refractivity contribution in [1.29, 1.82) is 0 Å². The lowest BCUT2D eigenvalue weighted by molar-refractivity contribution is -0.384. The van der Waals surface area contributed by atoms with E-state index in [0.717, 1.165) is 17.6 Å². The number of nitro benzene ring substituents is 1. The van der Waals surface area contributed by atoms with Gasteiger partial charge in [-0.3, -0.25) is 15.0 Å². The molecule has 1 atom stereocenters. The number of nitro groups is 1. The average Bonchev–Trinajstić information content (AvgIpc) is 3.20. The summed E-state index contributed by atoms with van der Waals surface area (Å²) in [5.74, 6) is 1.54. The highest BCUT2D eigenvalue weighted by atomic mass is 32.2. The molecular weight excluding hydrogens is 450 g/mol. The summed E-state index contributed by atoms with van der Waals surface area (Å²) in [5.41, 5.74) is -0.0596. The lowest BCUT2D eigenvalue weighted by Crippen LogP contribution is -2.41. The zero-order chi connectivity index (χ0) is 24.0. The van der Waals surface area contributed by atoms with E-state index in [1.54, 1.807) is 0 Å². The van der Waals surface area contributed by atoms with E-state index in [1.165, 1.54) is 12.1 Å². The standard InChI is InChI=1S/C21H31N5O6S/c1-16-4-7-21(32-16)20(25-10-12-31-13-11-25)15-22-18-6-5-17(14-19(18)26(27)28)33(29,30)23-8-9-24(2)3/h4-7,14,20,22-23H,8-13,15H2,1-3H3. The van der Waals surface area contributed by atoms with Crippen molar-refractivity contribution in [2.24, 2.45) is 0 Å². The predicted octanol–water partition coefficient (Wildman–Crippen LogP) is 1.82. The van der Waals surface area contributed by atoms with Crippen LogP contribution in [0.1, 0.15) is 17.6 Å². The third-order valence-electron chi connectivity index (χ3n) is 5.39. The summed E-state index contributed by atoms with van der Waals surface area (Å²) < 4.78 is 38.9. The molecule has 11 nitrogen and oxygen atoms in total. The van der Waals surface area contributed by atoms with E-state index in [-0.39, 0.29) is 28.9 Å².